The molecule has 108 valence electrons. The van der Waals surface area contributed by atoms with Gasteiger partial charge in [-0.1, -0.05) is 6.07 Å². The largest absolute Gasteiger partial charge is 0.307 e. The van der Waals surface area contributed by atoms with Crippen LogP contribution in [0.25, 0.3) is 0 Å². The highest BCUT2D eigenvalue weighted by atomic mass is 79.9. The predicted octanol–water partition coefficient (Wildman–Crippen LogP) is 4.69. The van der Waals surface area contributed by atoms with E-state index in [4.69, 9.17) is 5.26 Å². The summed E-state index contributed by atoms with van der Waals surface area (Å²) < 4.78 is 0.795. The highest BCUT2D eigenvalue weighted by Crippen LogP contribution is 2.27. The maximum atomic E-state index is 12.8. The first-order chi connectivity index (χ1) is 10.0. The molecular formula is C16H15BrN2OS. The molecule has 0 aliphatic heterocycles. The maximum absolute atomic E-state index is 12.8. The lowest BCUT2D eigenvalue weighted by Gasteiger charge is -2.22. The van der Waals surface area contributed by atoms with Crippen molar-refractivity contribution >= 4 is 38.9 Å². The summed E-state index contributed by atoms with van der Waals surface area (Å²) in [6.45, 7) is 4.40. The normalized spacial score (nSPS) is 10.2. The third-order valence-corrected chi connectivity index (χ3v) is 4.85. The highest BCUT2D eigenvalue weighted by Gasteiger charge is 2.21. The molecule has 3 nitrogen and oxygen atoms in total. The van der Waals surface area contributed by atoms with Crippen LogP contribution in [0.5, 0.6) is 0 Å². The molecule has 1 aromatic heterocycles. The molecule has 0 spiro atoms. The van der Waals surface area contributed by atoms with Crippen LogP contribution in [-0.2, 0) is 0 Å². The van der Waals surface area contributed by atoms with Gasteiger partial charge in [-0.2, -0.15) is 5.26 Å². The number of hydrogen-bond donors (Lipinski definition) is 0. The Balaban J connectivity index is 2.41. The van der Waals surface area contributed by atoms with Gasteiger partial charge in [0.1, 0.15) is 4.88 Å². The second-order valence-electron chi connectivity index (χ2n) is 4.81. The van der Waals surface area contributed by atoms with Gasteiger partial charge in [-0.05, 0) is 64.5 Å². The topological polar surface area (TPSA) is 44.1 Å². The Kier molecular flexibility index (Phi) is 5.16. The van der Waals surface area contributed by atoms with Crippen molar-refractivity contribution in [3.05, 3.63) is 50.1 Å². The second kappa shape index (κ2) is 6.88. The summed E-state index contributed by atoms with van der Waals surface area (Å²) >= 11 is 4.80. The van der Waals surface area contributed by atoms with Gasteiger partial charge in [0.05, 0.1) is 12.5 Å². The van der Waals surface area contributed by atoms with E-state index < -0.39 is 0 Å². The van der Waals surface area contributed by atoms with Gasteiger partial charge in [-0.3, -0.25) is 4.79 Å². The van der Waals surface area contributed by atoms with E-state index in [2.05, 4.69) is 28.1 Å². The van der Waals surface area contributed by atoms with E-state index in [9.17, 15) is 4.79 Å². The van der Waals surface area contributed by atoms with Crippen LogP contribution in [0.4, 0.5) is 5.69 Å². The first-order valence-electron chi connectivity index (χ1n) is 6.53. The number of benzene rings is 1. The number of carbonyl (C=O) groups is 1. The lowest BCUT2D eigenvalue weighted by Crippen LogP contribution is -2.31. The van der Waals surface area contributed by atoms with Crippen molar-refractivity contribution in [3.63, 3.8) is 0 Å². The van der Waals surface area contributed by atoms with Gasteiger partial charge in [-0.15, -0.1) is 11.3 Å². The lowest BCUT2D eigenvalue weighted by atomic mass is 10.1. The number of amides is 1. The zero-order chi connectivity index (χ0) is 15.4. The quantitative estimate of drug-likeness (QED) is 0.791. The summed E-state index contributed by atoms with van der Waals surface area (Å²) in [6, 6.07) is 9.99. The average Bonchev–Trinajstić information content (AvgIpc) is 2.84. The number of halogens is 1. The molecule has 0 atom stereocenters. The molecule has 0 fully saturated rings. The van der Waals surface area contributed by atoms with Crippen molar-refractivity contribution in [2.75, 3.05) is 11.4 Å². The van der Waals surface area contributed by atoms with Crippen LogP contribution in [0.15, 0.2) is 34.1 Å². The number of aryl methyl sites for hydroxylation is 2. The molecule has 2 aromatic rings. The number of thiophene rings is 1. The summed E-state index contributed by atoms with van der Waals surface area (Å²) in [5.74, 6) is -0.0721. The Labute approximate surface area is 136 Å². The van der Waals surface area contributed by atoms with E-state index in [-0.39, 0.29) is 5.91 Å². The van der Waals surface area contributed by atoms with E-state index in [0.29, 0.717) is 17.8 Å². The summed E-state index contributed by atoms with van der Waals surface area (Å²) in [5.41, 5.74) is 3.04. The van der Waals surface area contributed by atoms with E-state index in [0.717, 1.165) is 21.3 Å². The van der Waals surface area contributed by atoms with Gasteiger partial charge in [-0.25, -0.2) is 0 Å². The number of carbonyl (C=O) groups excluding carboxylic acids is 1. The zero-order valence-corrected chi connectivity index (χ0v) is 14.3. The molecule has 1 aromatic carbocycles. The zero-order valence-electron chi connectivity index (χ0n) is 11.9. The van der Waals surface area contributed by atoms with E-state index in [1.165, 1.54) is 11.3 Å². The molecule has 21 heavy (non-hydrogen) atoms. The molecule has 0 bridgehead atoms. The fourth-order valence-corrected chi connectivity index (χ4v) is 3.67. The first-order valence-corrected chi connectivity index (χ1v) is 8.20. The van der Waals surface area contributed by atoms with Crippen molar-refractivity contribution < 1.29 is 4.79 Å². The number of nitriles is 1. The van der Waals surface area contributed by atoms with Gasteiger partial charge in [0.2, 0.25) is 0 Å². The van der Waals surface area contributed by atoms with Crippen LogP contribution in [0, 0.1) is 25.2 Å². The first kappa shape index (κ1) is 15.7. The lowest BCUT2D eigenvalue weighted by molar-refractivity contribution is 0.0990. The smallest absolute Gasteiger partial charge is 0.269 e. The van der Waals surface area contributed by atoms with E-state index >= 15 is 0 Å². The maximum Gasteiger partial charge on any atom is 0.269 e. The molecule has 2 rings (SSSR count). The van der Waals surface area contributed by atoms with Gasteiger partial charge >= 0.3 is 0 Å². The molecule has 0 saturated heterocycles. The van der Waals surface area contributed by atoms with Crippen molar-refractivity contribution in [2.45, 2.75) is 20.3 Å². The van der Waals surface area contributed by atoms with E-state index in [1.54, 1.807) is 4.90 Å². The minimum atomic E-state index is -0.0721. The van der Waals surface area contributed by atoms with Gasteiger partial charge in [0.25, 0.3) is 5.91 Å². The fraction of sp³-hybridized carbons (Fsp3) is 0.250. The number of hydrogen-bond acceptors (Lipinski definition) is 3. The molecule has 0 radical (unpaired) electrons. The van der Waals surface area contributed by atoms with Gasteiger partial charge in [0.15, 0.2) is 0 Å². The Hall–Kier alpha value is -1.64. The summed E-state index contributed by atoms with van der Waals surface area (Å²) in [4.78, 5) is 15.1. The van der Waals surface area contributed by atoms with Crippen LogP contribution in [0.2, 0.25) is 0 Å². The van der Waals surface area contributed by atoms with Crippen molar-refractivity contribution in [2.24, 2.45) is 0 Å². The van der Waals surface area contributed by atoms with Gasteiger partial charge < -0.3 is 4.90 Å². The Morgan fingerprint density at radius 1 is 1.33 bits per heavy atom. The van der Waals surface area contributed by atoms with Crippen LogP contribution in [-0.4, -0.2) is 12.5 Å². The summed E-state index contributed by atoms with van der Waals surface area (Å²) in [7, 11) is 0. The van der Waals surface area contributed by atoms with Crippen molar-refractivity contribution in [3.8, 4) is 6.07 Å². The molecule has 1 heterocycles. The molecule has 5 heteroatoms. The Morgan fingerprint density at radius 3 is 2.52 bits per heavy atom. The summed E-state index contributed by atoms with van der Waals surface area (Å²) in [6.07, 6.45) is 0.307. The molecule has 0 unspecified atom stereocenters. The number of rotatable bonds is 4. The van der Waals surface area contributed by atoms with Crippen molar-refractivity contribution in [1.82, 2.24) is 0 Å². The number of anilines is 1. The SMILES string of the molecule is Cc1cc(C)cc(N(CCC#N)C(=O)c2sccc2Br)c1. The molecule has 1 amide bonds. The minimum Gasteiger partial charge on any atom is -0.307 e. The van der Waals surface area contributed by atoms with E-state index in [1.807, 2.05) is 37.4 Å². The highest BCUT2D eigenvalue weighted by molar-refractivity contribution is 9.10. The predicted molar refractivity (Wildman–Crippen MR) is 89.8 cm³/mol. The standard InChI is InChI=1S/C16H15BrN2OS/c1-11-8-12(2)10-13(9-11)19(6-3-5-18)16(20)15-14(17)4-7-21-15/h4,7-10H,3,6H2,1-2H3. The fourth-order valence-electron chi connectivity index (χ4n) is 2.19. The Bertz CT molecular complexity index is 682. The molecular weight excluding hydrogens is 348 g/mol. The third kappa shape index (κ3) is 3.72. The molecule has 0 aliphatic carbocycles. The van der Waals surface area contributed by atoms with Gasteiger partial charge in [0, 0.05) is 16.7 Å². The van der Waals surface area contributed by atoms with Crippen LogP contribution >= 0.6 is 27.3 Å². The van der Waals surface area contributed by atoms with Crippen LogP contribution < -0.4 is 4.90 Å². The molecule has 0 saturated carbocycles. The van der Waals surface area contributed by atoms with Crippen molar-refractivity contribution in [1.29, 1.82) is 5.26 Å². The third-order valence-electron chi connectivity index (χ3n) is 3.02. The number of nitrogens with zero attached hydrogens (tertiary/aromatic N) is 2. The second-order valence-corrected chi connectivity index (χ2v) is 6.58. The monoisotopic (exact) mass is 362 g/mol. The average molecular weight is 363 g/mol. The minimum absolute atomic E-state index is 0.0721. The van der Waals surface area contributed by atoms with Crippen LogP contribution in [0.1, 0.15) is 27.2 Å². The molecule has 0 aliphatic rings. The molecule has 0 N–H and O–H groups in total. The summed E-state index contributed by atoms with van der Waals surface area (Å²) in [5, 5.41) is 10.7. The Morgan fingerprint density at radius 2 is 2.00 bits per heavy atom. The van der Waals surface area contributed by atoms with Crippen LogP contribution in [0.3, 0.4) is 0 Å².